The molecule has 0 spiro atoms. The predicted octanol–water partition coefficient (Wildman–Crippen LogP) is 4.11. The summed E-state index contributed by atoms with van der Waals surface area (Å²) >= 11 is 1.70. The fraction of sp³-hybridized carbons (Fsp3) is 0.440. The summed E-state index contributed by atoms with van der Waals surface area (Å²) in [6.45, 7) is 5.73. The highest BCUT2D eigenvalue weighted by Crippen LogP contribution is 2.33. The second-order valence-electron chi connectivity index (χ2n) is 9.21. The van der Waals surface area contributed by atoms with E-state index in [-0.39, 0.29) is 28.9 Å². The summed E-state index contributed by atoms with van der Waals surface area (Å²) in [6, 6.07) is 14.5. The molecule has 2 aliphatic rings. The van der Waals surface area contributed by atoms with Crippen LogP contribution in [0.4, 0.5) is 0 Å². The minimum absolute atomic E-state index is 0.0663. The number of nitrogens with zero attached hydrogens (tertiary/aromatic N) is 3. The lowest BCUT2D eigenvalue weighted by Gasteiger charge is -2.34. The molecular weight excluding hydrogens is 470 g/mol. The molecule has 1 amide bonds. The van der Waals surface area contributed by atoms with E-state index in [1.165, 1.54) is 9.01 Å². The molecule has 7 nitrogen and oxygen atoms in total. The number of ether oxygens (including phenoxy) is 1. The molecule has 3 heterocycles. The van der Waals surface area contributed by atoms with Crippen molar-refractivity contribution in [3.05, 3.63) is 59.1 Å². The SMILES string of the molecule is C[C@@H]1CN(S(=O)(=O)c2ccc(C(=O)N3CCC[C@H](c4nc5ccccc5s4)C3)cc2)C[C@@H](C)O1. The Morgan fingerprint density at radius 3 is 2.44 bits per heavy atom. The Labute approximate surface area is 204 Å². The second-order valence-corrected chi connectivity index (χ2v) is 12.2. The largest absolute Gasteiger partial charge is 0.373 e. The molecule has 3 aromatic rings. The Kier molecular flexibility index (Phi) is 6.45. The van der Waals surface area contributed by atoms with Crippen LogP contribution in [0.25, 0.3) is 10.2 Å². The zero-order valence-corrected chi connectivity index (χ0v) is 21.0. The average Bonchev–Trinajstić information content (AvgIpc) is 3.28. The van der Waals surface area contributed by atoms with Crippen LogP contribution >= 0.6 is 11.3 Å². The molecule has 2 fully saturated rings. The van der Waals surface area contributed by atoms with Crippen molar-refractivity contribution >= 4 is 37.5 Å². The number of morpholine rings is 1. The fourth-order valence-electron chi connectivity index (χ4n) is 4.86. The van der Waals surface area contributed by atoms with Gasteiger partial charge in [0.05, 0.1) is 32.3 Å². The van der Waals surface area contributed by atoms with E-state index in [1.54, 1.807) is 35.6 Å². The number of amides is 1. The molecule has 180 valence electrons. The van der Waals surface area contributed by atoms with Crippen LogP contribution in [-0.4, -0.2) is 66.9 Å². The molecule has 9 heteroatoms. The number of aromatic nitrogens is 1. The number of benzene rings is 2. The smallest absolute Gasteiger partial charge is 0.253 e. The van der Waals surface area contributed by atoms with E-state index in [1.807, 2.05) is 36.9 Å². The Morgan fingerprint density at radius 1 is 1.03 bits per heavy atom. The van der Waals surface area contributed by atoms with Gasteiger partial charge in [0.25, 0.3) is 5.91 Å². The third-order valence-electron chi connectivity index (χ3n) is 6.49. The van der Waals surface area contributed by atoms with E-state index in [2.05, 4.69) is 6.07 Å². The lowest BCUT2D eigenvalue weighted by atomic mass is 9.98. The van der Waals surface area contributed by atoms with Crippen LogP contribution < -0.4 is 0 Å². The third kappa shape index (κ3) is 4.62. The highest BCUT2D eigenvalue weighted by Gasteiger charge is 2.33. The number of carbonyl (C=O) groups excluding carboxylic acids is 1. The van der Waals surface area contributed by atoms with Gasteiger partial charge >= 0.3 is 0 Å². The summed E-state index contributed by atoms with van der Waals surface area (Å²) in [5.74, 6) is 0.156. The minimum Gasteiger partial charge on any atom is -0.373 e. The van der Waals surface area contributed by atoms with Crippen LogP contribution in [0.5, 0.6) is 0 Å². The van der Waals surface area contributed by atoms with E-state index in [0.717, 1.165) is 23.4 Å². The van der Waals surface area contributed by atoms with Crippen LogP contribution in [0.1, 0.15) is 48.0 Å². The van der Waals surface area contributed by atoms with Crippen LogP contribution in [0.15, 0.2) is 53.4 Å². The summed E-state index contributed by atoms with van der Waals surface area (Å²) in [5.41, 5.74) is 1.51. The summed E-state index contributed by atoms with van der Waals surface area (Å²) in [6.07, 6.45) is 1.63. The molecule has 2 aromatic carbocycles. The molecule has 0 N–H and O–H groups in total. The summed E-state index contributed by atoms with van der Waals surface area (Å²) in [4.78, 5) is 20.1. The molecule has 1 aromatic heterocycles. The lowest BCUT2D eigenvalue weighted by Crippen LogP contribution is -2.48. The van der Waals surface area contributed by atoms with E-state index >= 15 is 0 Å². The van der Waals surface area contributed by atoms with Gasteiger partial charge in [-0.15, -0.1) is 11.3 Å². The minimum atomic E-state index is -3.63. The van der Waals surface area contributed by atoms with Crippen molar-refractivity contribution in [3.8, 4) is 0 Å². The number of hydrogen-bond acceptors (Lipinski definition) is 6. The molecule has 5 rings (SSSR count). The molecule has 0 radical (unpaired) electrons. The molecule has 2 aliphatic heterocycles. The maximum Gasteiger partial charge on any atom is 0.253 e. The van der Waals surface area contributed by atoms with E-state index < -0.39 is 10.0 Å². The standard InChI is InChI=1S/C25H29N3O4S2/c1-17-14-28(15-18(2)32-17)34(30,31)21-11-9-19(10-12-21)25(29)27-13-5-6-20(16-27)24-26-22-7-3-4-8-23(22)33-24/h3-4,7-12,17-18,20H,5-6,13-16H2,1-2H3/t17-,18-,20+/m1/s1. The van der Waals surface area contributed by atoms with Gasteiger partial charge in [-0.25, -0.2) is 13.4 Å². The molecule has 0 bridgehead atoms. The lowest BCUT2D eigenvalue weighted by molar-refractivity contribution is -0.0440. The average molecular weight is 500 g/mol. The van der Waals surface area contributed by atoms with Crippen molar-refractivity contribution in [2.75, 3.05) is 26.2 Å². The molecule has 34 heavy (non-hydrogen) atoms. The maximum absolute atomic E-state index is 13.2. The van der Waals surface area contributed by atoms with Gasteiger partial charge in [-0.2, -0.15) is 4.31 Å². The summed E-state index contributed by atoms with van der Waals surface area (Å²) in [5, 5.41) is 1.08. The Balaban J connectivity index is 1.30. The number of hydrogen-bond donors (Lipinski definition) is 0. The van der Waals surface area contributed by atoms with E-state index in [4.69, 9.17) is 9.72 Å². The Morgan fingerprint density at radius 2 is 1.74 bits per heavy atom. The van der Waals surface area contributed by atoms with Crippen molar-refractivity contribution in [1.82, 2.24) is 14.2 Å². The first kappa shape index (κ1) is 23.4. The third-order valence-corrected chi connectivity index (χ3v) is 9.54. The predicted molar refractivity (Wildman–Crippen MR) is 133 cm³/mol. The van der Waals surface area contributed by atoms with Gasteiger partial charge in [0.2, 0.25) is 10.0 Å². The zero-order chi connectivity index (χ0) is 23.9. The van der Waals surface area contributed by atoms with Gasteiger partial charge in [-0.1, -0.05) is 12.1 Å². The first-order valence-electron chi connectivity index (χ1n) is 11.7. The van der Waals surface area contributed by atoms with E-state index in [9.17, 15) is 13.2 Å². The second kappa shape index (κ2) is 9.37. The molecular formula is C25H29N3O4S2. The maximum atomic E-state index is 13.2. The van der Waals surface area contributed by atoms with Crippen LogP contribution in [0.2, 0.25) is 0 Å². The monoisotopic (exact) mass is 499 g/mol. The van der Waals surface area contributed by atoms with Gasteiger partial charge in [-0.3, -0.25) is 4.79 Å². The molecule has 3 atom stereocenters. The number of piperidine rings is 1. The quantitative estimate of drug-likeness (QED) is 0.540. The number of likely N-dealkylation sites (tertiary alicyclic amines) is 1. The zero-order valence-electron chi connectivity index (χ0n) is 19.4. The van der Waals surface area contributed by atoms with Crippen molar-refractivity contribution in [2.24, 2.45) is 0 Å². The normalized spacial score (nSPS) is 24.4. The van der Waals surface area contributed by atoms with Crippen molar-refractivity contribution in [2.45, 2.75) is 49.7 Å². The van der Waals surface area contributed by atoms with Crippen molar-refractivity contribution in [1.29, 1.82) is 0 Å². The highest BCUT2D eigenvalue weighted by molar-refractivity contribution is 7.89. The number of thiazole rings is 1. The van der Waals surface area contributed by atoms with Crippen LogP contribution in [0.3, 0.4) is 0 Å². The summed E-state index contributed by atoms with van der Waals surface area (Å²) < 4.78 is 34.5. The van der Waals surface area contributed by atoms with Gasteiger partial charge in [0.1, 0.15) is 0 Å². The number of rotatable bonds is 4. The number of carbonyl (C=O) groups is 1. The van der Waals surface area contributed by atoms with Gasteiger partial charge in [0.15, 0.2) is 0 Å². The van der Waals surface area contributed by atoms with Crippen LogP contribution in [-0.2, 0) is 14.8 Å². The first-order valence-corrected chi connectivity index (χ1v) is 14.0. The van der Waals surface area contributed by atoms with Crippen molar-refractivity contribution < 1.29 is 17.9 Å². The number of para-hydroxylation sites is 1. The Hall–Kier alpha value is -2.33. The number of fused-ring (bicyclic) bond motifs is 1. The van der Waals surface area contributed by atoms with Gasteiger partial charge in [-0.05, 0) is 63.1 Å². The number of sulfonamides is 1. The van der Waals surface area contributed by atoms with E-state index in [0.29, 0.717) is 31.7 Å². The Bertz CT molecular complexity index is 1250. The molecule has 0 unspecified atom stereocenters. The first-order chi connectivity index (χ1) is 16.3. The topological polar surface area (TPSA) is 79.8 Å². The highest BCUT2D eigenvalue weighted by atomic mass is 32.2. The molecule has 2 saturated heterocycles. The van der Waals surface area contributed by atoms with Crippen LogP contribution in [0, 0.1) is 0 Å². The molecule has 0 aliphatic carbocycles. The summed E-state index contributed by atoms with van der Waals surface area (Å²) in [7, 11) is -3.63. The fourth-order valence-corrected chi connectivity index (χ4v) is 7.54. The van der Waals surface area contributed by atoms with Gasteiger partial charge < -0.3 is 9.64 Å². The van der Waals surface area contributed by atoms with Crippen molar-refractivity contribution in [3.63, 3.8) is 0 Å². The van der Waals surface area contributed by atoms with Gasteiger partial charge in [0, 0.05) is 37.7 Å². The molecule has 0 saturated carbocycles.